The predicted octanol–water partition coefficient (Wildman–Crippen LogP) is 4.69. The fourth-order valence-corrected chi connectivity index (χ4v) is 10.7. The van der Waals surface area contributed by atoms with Crippen LogP contribution in [0.15, 0.2) is 49.1 Å². The van der Waals surface area contributed by atoms with Crippen LogP contribution in [0, 0.1) is 11.8 Å². The molecule has 2 saturated carbocycles. The smallest absolute Gasteiger partial charge is 0.379 e. The molecule has 1 aromatic carbocycles. The molecule has 4 fully saturated rings. The van der Waals surface area contributed by atoms with Crippen LogP contribution in [0.5, 0.6) is 0 Å². The first-order valence-electron chi connectivity index (χ1n) is 25.5. The van der Waals surface area contributed by atoms with E-state index in [1.807, 2.05) is 17.9 Å². The molecule has 3 aromatic rings. The summed E-state index contributed by atoms with van der Waals surface area (Å²) in [5.41, 5.74) is 0.176. The Kier molecular flexibility index (Phi) is 18.8. The Balaban J connectivity index is 0.771. The summed E-state index contributed by atoms with van der Waals surface area (Å²) in [6.45, 7) is 11.2. The first-order valence-corrected chi connectivity index (χ1v) is 25.5. The first-order chi connectivity index (χ1) is 34.5. The maximum atomic E-state index is 14.0. The summed E-state index contributed by atoms with van der Waals surface area (Å²) in [7, 11) is 0. The highest BCUT2D eigenvalue weighted by molar-refractivity contribution is 5.93. The Morgan fingerprint density at radius 3 is 2.25 bits per heavy atom. The quantitative estimate of drug-likeness (QED) is 0.0865. The Hall–Kier alpha value is -5.51. The largest absolute Gasteiger partial charge is 0.416 e. The van der Waals surface area contributed by atoms with Gasteiger partial charge in [-0.1, -0.05) is 6.07 Å². The number of aromatic nitrogens is 3. The van der Waals surface area contributed by atoms with E-state index < -0.39 is 23.7 Å². The van der Waals surface area contributed by atoms with Crippen molar-refractivity contribution >= 4 is 46.3 Å². The molecule has 21 heteroatoms. The molecule has 2 aliphatic heterocycles. The van der Waals surface area contributed by atoms with Crippen LogP contribution >= 0.6 is 0 Å². The van der Waals surface area contributed by atoms with Crippen molar-refractivity contribution in [3.63, 3.8) is 0 Å². The standard InChI is InChI=1S/C51H71F3N10O8/c1-5-63-44(66)29-38(45(63)33-7-6-18-55-30-33)48(68)56-19-22-71-24-26-72-25-23-70-21-17-43(65)59-35-11-8-32(9-12-35)47(67)61-41-28-36(62-50(2,3)4)13-15-42(41)64-20-16-40(49(64)69)60-46-37-27-34(51(52,53)54)10-14-39(37)57-31-58-46/h6-7,10,14,18,27,30-32,35-36,38,40-42,45,62H,5,8-9,11-13,15-17,19-26,28-29H2,1-4H3,(H,56,68)(H,59,65)(H,61,67)(H,57,58,60)/t32-,35+,36-,38+,40+,41-,42+,45-/m1/s1. The van der Waals surface area contributed by atoms with Crippen LogP contribution in [0.4, 0.5) is 19.0 Å². The number of nitrogens with one attached hydrogen (secondary N) is 5. The zero-order chi connectivity index (χ0) is 51.4. The highest BCUT2D eigenvalue weighted by atomic mass is 19.4. The molecule has 18 nitrogen and oxygen atoms in total. The van der Waals surface area contributed by atoms with Crippen LogP contribution in [-0.2, 0) is 44.4 Å². The van der Waals surface area contributed by atoms with Crippen LogP contribution in [0.25, 0.3) is 10.9 Å². The molecule has 6 atom stereocenters. The number of anilines is 1. The molecule has 5 amide bonds. The number of nitrogens with zero attached hydrogens (tertiary/aromatic N) is 5. The van der Waals surface area contributed by atoms with Crippen molar-refractivity contribution in [1.82, 2.24) is 46.0 Å². The van der Waals surface area contributed by atoms with Gasteiger partial charge in [0, 0.05) is 73.8 Å². The Morgan fingerprint density at radius 1 is 0.833 bits per heavy atom. The fraction of sp³-hybridized carbons (Fsp3) is 0.647. The van der Waals surface area contributed by atoms with Crippen LogP contribution in [-0.4, -0.2) is 149 Å². The molecular formula is C51H71F3N10O8. The number of halogens is 3. The number of carbonyl (C=O) groups is 5. The highest BCUT2D eigenvalue weighted by Crippen LogP contribution is 2.38. The lowest BCUT2D eigenvalue weighted by Gasteiger charge is -2.43. The molecule has 0 unspecified atom stereocenters. The maximum absolute atomic E-state index is 14.0. The van der Waals surface area contributed by atoms with E-state index in [-0.39, 0.29) is 102 Å². The van der Waals surface area contributed by atoms with E-state index in [0.717, 1.165) is 24.1 Å². The number of likely N-dealkylation sites (tertiary alicyclic amines) is 2. The third kappa shape index (κ3) is 14.6. The van der Waals surface area contributed by atoms with Gasteiger partial charge in [-0.3, -0.25) is 29.0 Å². The van der Waals surface area contributed by atoms with E-state index in [4.69, 9.17) is 14.2 Å². The third-order valence-corrected chi connectivity index (χ3v) is 14.1. The molecule has 72 heavy (non-hydrogen) atoms. The normalized spacial score (nSPS) is 24.9. The van der Waals surface area contributed by atoms with Gasteiger partial charge in [0.05, 0.1) is 74.8 Å². The minimum absolute atomic E-state index is 0.0518. The fourth-order valence-electron chi connectivity index (χ4n) is 10.7. The maximum Gasteiger partial charge on any atom is 0.416 e. The van der Waals surface area contributed by atoms with Crippen LogP contribution in [0.3, 0.4) is 0 Å². The number of benzene rings is 1. The number of hydrogen-bond acceptors (Lipinski definition) is 13. The molecule has 394 valence electrons. The van der Waals surface area contributed by atoms with Crippen molar-refractivity contribution in [2.45, 2.75) is 140 Å². The number of alkyl halides is 3. The van der Waals surface area contributed by atoms with Gasteiger partial charge in [-0.15, -0.1) is 0 Å². The topological polar surface area (TPSA) is 218 Å². The summed E-state index contributed by atoms with van der Waals surface area (Å²) >= 11 is 0. The summed E-state index contributed by atoms with van der Waals surface area (Å²) in [5, 5.41) is 16.3. The van der Waals surface area contributed by atoms with Crippen molar-refractivity contribution in [2.75, 3.05) is 64.6 Å². The minimum Gasteiger partial charge on any atom is -0.379 e. The Morgan fingerprint density at radius 2 is 1.56 bits per heavy atom. The molecule has 0 radical (unpaired) electrons. The SMILES string of the molecule is CCN1C(=O)C[C@H](C(=O)NCCOCCOCCOCCC(=O)N[C@H]2CC[C@@H](C(=O)N[C@@H]3C[C@H](NC(C)(C)C)CC[C@@H]3N3CC[C@H](Nc4ncnc5ccc(C(F)(F)F)cc45)C3=O)CC2)[C@H]1c1cccnc1. The molecule has 2 aromatic heterocycles. The number of pyridine rings is 1. The number of ether oxygens (including phenoxy) is 3. The molecule has 4 heterocycles. The van der Waals surface area contributed by atoms with Crippen molar-refractivity contribution < 1.29 is 51.4 Å². The van der Waals surface area contributed by atoms with E-state index >= 15 is 0 Å². The van der Waals surface area contributed by atoms with Gasteiger partial charge in [0.1, 0.15) is 18.2 Å². The summed E-state index contributed by atoms with van der Waals surface area (Å²) in [4.78, 5) is 82.4. The summed E-state index contributed by atoms with van der Waals surface area (Å²) in [5.74, 6) is -1.20. The van der Waals surface area contributed by atoms with E-state index in [9.17, 15) is 37.1 Å². The van der Waals surface area contributed by atoms with Gasteiger partial charge in [-0.05, 0) is 109 Å². The van der Waals surface area contributed by atoms with Crippen molar-refractivity contribution in [3.8, 4) is 0 Å². The number of hydrogen-bond donors (Lipinski definition) is 5. The second kappa shape index (κ2) is 24.9. The van der Waals surface area contributed by atoms with Crippen LogP contribution in [0.1, 0.15) is 109 Å². The van der Waals surface area contributed by atoms with Crippen molar-refractivity contribution in [3.05, 3.63) is 60.2 Å². The summed E-state index contributed by atoms with van der Waals surface area (Å²) in [6.07, 6.45) is 5.45. The van der Waals surface area contributed by atoms with Gasteiger partial charge in [0.2, 0.25) is 29.5 Å². The Bertz CT molecular complexity index is 2310. The number of carbonyl (C=O) groups excluding carboxylic acids is 5. The lowest BCUT2D eigenvalue weighted by molar-refractivity contribution is -0.137. The molecule has 0 bridgehead atoms. The van der Waals surface area contributed by atoms with Gasteiger partial charge in [-0.2, -0.15) is 13.2 Å². The van der Waals surface area contributed by atoms with E-state index in [1.54, 1.807) is 23.4 Å². The van der Waals surface area contributed by atoms with E-state index in [0.29, 0.717) is 103 Å². The average Bonchev–Trinajstić information content (AvgIpc) is 3.88. The highest BCUT2D eigenvalue weighted by Gasteiger charge is 2.45. The van der Waals surface area contributed by atoms with Gasteiger partial charge < -0.3 is 50.6 Å². The number of rotatable bonds is 22. The second-order valence-electron chi connectivity index (χ2n) is 20.3. The molecule has 7 rings (SSSR count). The first kappa shape index (κ1) is 54.3. The molecule has 2 saturated heterocycles. The van der Waals surface area contributed by atoms with Crippen LogP contribution < -0.4 is 26.6 Å². The third-order valence-electron chi connectivity index (χ3n) is 14.1. The van der Waals surface area contributed by atoms with Crippen molar-refractivity contribution in [2.24, 2.45) is 11.8 Å². The zero-order valence-electron chi connectivity index (χ0n) is 41.8. The van der Waals surface area contributed by atoms with Gasteiger partial charge >= 0.3 is 6.18 Å². The number of amides is 5. The van der Waals surface area contributed by atoms with Gasteiger partial charge in [-0.25, -0.2) is 9.97 Å². The molecular weight excluding hydrogens is 938 g/mol. The van der Waals surface area contributed by atoms with E-state index in [2.05, 4.69) is 62.3 Å². The lowest BCUT2D eigenvalue weighted by Crippen LogP contribution is -2.60. The minimum atomic E-state index is -4.55. The zero-order valence-corrected chi connectivity index (χ0v) is 41.8. The van der Waals surface area contributed by atoms with Crippen LogP contribution in [0.2, 0.25) is 0 Å². The second-order valence-corrected chi connectivity index (χ2v) is 20.3. The van der Waals surface area contributed by atoms with Gasteiger partial charge in [0.15, 0.2) is 0 Å². The average molecular weight is 1010 g/mol. The molecule has 5 N–H and O–H groups in total. The Labute approximate surface area is 419 Å². The summed E-state index contributed by atoms with van der Waals surface area (Å²) < 4.78 is 57.6. The van der Waals surface area contributed by atoms with Crippen molar-refractivity contribution in [1.29, 1.82) is 0 Å². The lowest BCUT2D eigenvalue weighted by atomic mass is 9.82. The van der Waals surface area contributed by atoms with E-state index in [1.165, 1.54) is 12.4 Å². The summed E-state index contributed by atoms with van der Waals surface area (Å²) in [6, 6.07) is 5.38. The molecule has 0 spiro atoms. The monoisotopic (exact) mass is 1010 g/mol. The van der Waals surface area contributed by atoms with Gasteiger partial charge in [0.25, 0.3) is 0 Å². The molecule has 4 aliphatic rings. The predicted molar refractivity (Wildman–Crippen MR) is 261 cm³/mol. The number of fused-ring (bicyclic) bond motifs is 1. The molecule has 2 aliphatic carbocycles.